The minimum absolute atomic E-state index is 0.182. The predicted molar refractivity (Wildman–Crippen MR) is 71.4 cm³/mol. The van der Waals surface area contributed by atoms with Crippen LogP contribution in [0.4, 0.5) is 0 Å². The Morgan fingerprint density at radius 2 is 2.35 bits per heavy atom. The van der Waals surface area contributed by atoms with Gasteiger partial charge in [-0.15, -0.1) is 0 Å². The molecule has 1 fully saturated rings. The lowest BCUT2D eigenvalue weighted by molar-refractivity contribution is 0.0830. The van der Waals surface area contributed by atoms with Crippen molar-refractivity contribution in [2.45, 2.75) is 37.7 Å². The maximum atomic E-state index is 10.6. The van der Waals surface area contributed by atoms with Crippen LogP contribution in [-0.4, -0.2) is 27.7 Å². The number of thioether (sulfide) groups is 1. The number of aliphatic hydroxyl groups excluding tert-OH is 1. The van der Waals surface area contributed by atoms with Gasteiger partial charge in [0.25, 0.3) is 0 Å². The van der Waals surface area contributed by atoms with Gasteiger partial charge in [0.05, 0.1) is 6.10 Å². The number of aromatic nitrogens is 1. The second-order valence-corrected chi connectivity index (χ2v) is 6.31. The molecule has 1 saturated heterocycles. The SMILES string of the molecule is OC(C1CCSC1)C1CCCc2cccnc21. The highest BCUT2D eigenvalue weighted by atomic mass is 32.2. The summed E-state index contributed by atoms with van der Waals surface area (Å²) in [4.78, 5) is 4.53. The van der Waals surface area contributed by atoms with Gasteiger partial charge in [0, 0.05) is 17.8 Å². The molecule has 1 aromatic rings. The first-order chi connectivity index (χ1) is 8.36. The molecule has 3 unspecified atom stereocenters. The maximum Gasteiger partial charge on any atom is 0.0660 e. The molecule has 3 atom stereocenters. The number of aryl methyl sites for hydroxylation is 1. The average Bonchev–Trinajstić information content (AvgIpc) is 2.91. The van der Waals surface area contributed by atoms with E-state index in [0.29, 0.717) is 5.92 Å². The third-order valence-electron chi connectivity index (χ3n) is 4.10. The van der Waals surface area contributed by atoms with Crippen LogP contribution in [-0.2, 0) is 6.42 Å². The van der Waals surface area contributed by atoms with Gasteiger partial charge < -0.3 is 5.11 Å². The predicted octanol–water partition coefficient (Wildman–Crippen LogP) is 2.62. The molecular formula is C14H19NOS. The van der Waals surface area contributed by atoms with Crippen molar-refractivity contribution in [1.82, 2.24) is 4.98 Å². The van der Waals surface area contributed by atoms with E-state index in [1.165, 1.54) is 29.9 Å². The third kappa shape index (κ3) is 2.23. The smallest absolute Gasteiger partial charge is 0.0660 e. The Balaban J connectivity index is 1.84. The highest BCUT2D eigenvalue weighted by Crippen LogP contribution is 2.38. The Morgan fingerprint density at radius 3 is 3.18 bits per heavy atom. The largest absolute Gasteiger partial charge is 0.392 e. The summed E-state index contributed by atoms with van der Waals surface area (Å²) in [7, 11) is 0. The zero-order valence-electron chi connectivity index (χ0n) is 10.0. The molecule has 0 aromatic carbocycles. The highest BCUT2D eigenvalue weighted by Gasteiger charge is 2.34. The second-order valence-electron chi connectivity index (χ2n) is 5.16. The third-order valence-corrected chi connectivity index (χ3v) is 5.29. The number of nitrogens with zero attached hydrogens (tertiary/aromatic N) is 1. The van der Waals surface area contributed by atoms with Crippen LogP contribution in [0.2, 0.25) is 0 Å². The normalized spacial score (nSPS) is 29.9. The lowest BCUT2D eigenvalue weighted by Crippen LogP contribution is -2.30. The molecule has 3 rings (SSSR count). The molecule has 1 aliphatic heterocycles. The zero-order chi connectivity index (χ0) is 11.7. The van der Waals surface area contributed by atoms with Crippen LogP contribution in [0.3, 0.4) is 0 Å². The molecule has 1 aliphatic carbocycles. The monoisotopic (exact) mass is 249 g/mol. The van der Waals surface area contributed by atoms with Gasteiger partial charge in [-0.3, -0.25) is 4.98 Å². The van der Waals surface area contributed by atoms with Crippen LogP contribution in [0.15, 0.2) is 18.3 Å². The number of pyridine rings is 1. The van der Waals surface area contributed by atoms with E-state index in [1.807, 2.05) is 24.0 Å². The summed E-state index contributed by atoms with van der Waals surface area (Å²) in [6, 6.07) is 4.18. The molecule has 92 valence electrons. The molecule has 0 radical (unpaired) electrons. The molecular weight excluding hydrogens is 230 g/mol. The summed E-state index contributed by atoms with van der Waals surface area (Å²) < 4.78 is 0. The molecule has 0 amide bonds. The van der Waals surface area contributed by atoms with Gasteiger partial charge in [-0.25, -0.2) is 0 Å². The summed E-state index contributed by atoms with van der Waals surface area (Å²) in [6.45, 7) is 0. The molecule has 1 aromatic heterocycles. The number of hydrogen-bond acceptors (Lipinski definition) is 3. The van der Waals surface area contributed by atoms with Crippen LogP contribution >= 0.6 is 11.8 Å². The van der Waals surface area contributed by atoms with Crippen LogP contribution < -0.4 is 0 Å². The van der Waals surface area contributed by atoms with Gasteiger partial charge in [0.1, 0.15) is 0 Å². The molecule has 2 aliphatic rings. The number of fused-ring (bicyclic) bond motifs is 1. The standard InChI is InChI=1S/C14H19NOS/c16-14(11-6-8-17-9-11)12-5-1-3-10-4-2-7-15-13(10)12/h2,4,7,11-12,14,16H,1,3,5-6,8-9H2. The first-order valence-electron chi connectivity index (χ1n) is 6.56. The lowest BCUT2D eigenvalue weighted by atomic mass is 9.79. The topological polar surface area (TPSA) is 33.1 Å². The number of aliphatic hydroxyl groups is 1. The van der Waals surface area contributed by atoms with E-state index < -0.39 is 0 Å². The van der Waals surface area contributed by atoms with E-state index in [4.69, 9.17) is 0 Å². The van der Waals surface area contributed by atoms with Crippen molar-refractivity contribution in [3.63, 3.8) is 0 Å². The Bertz CT molecular complexity index is 390. The van der Waals surface area contributed by atoms with E-state index >= 15 is 0 Å². The zero-order valence-corrected chi connectivity index (χ0v) is 10.8. The van der Waals surface area contributed by atoms with Gasteiger partial charge in [-0.05, 0) is 54.7 Å². The van der Waals surface area contributed by atoms with Gasteiger partial charge in [-0.1, -0.05) is 6.07 Å². The van der Waals surface area contributed by atoms with Crippen LogP contribution in [0.1, 0.15) is 36.4 Å². The first-order valence-corrected chi connectivity index (χ1v) is 7.71. The van der Waals surface area contributed by atoms with Crippen LogP contribution in [0, 0.1) is 5.92 Å². The van der Waals surface area contributed by atoms with E-state index in [-0.39, 0.29) is 12.0 Å². The van der Waals surface area contributed by atoms with Crippen molar-refractivity contribution in [2.75, 3.05) is 11.5 Å². The fraction of sp³-hybridized carbons (Fsp3) is 0.643. The molecule has 17 heavy (non-hydrogen) atoms. The van der Waals surface area contributed by atoms with Gasteiger partial charge >= 0.3 is 0 Å². The van der Waals surface area contributed by atoms with Crippen molar-refractivity contribution in [3.8, 4) is 0 Å². The van der Waals surface area contributed by atoms with Crippen molar-refractivity contribution in [1.29, 1.82) is 0 Å². The quantitative estimate of drug-likeness (QED) is 0.874. The average molecular weight is 249 g/mol. The van der Waals surface area contributed by atoms with Gasteiger partial charge in [-0.2, -0.15) is 11.8 Å². The fourth-order valence-electron chi connectivity index (χ4n) is 3.13. The Morgan fingerprint density at radius 1 is 1.41 bits per heavy atom. The highest BCUT2D eigenvalue weighted by molar-refractivity contribution is 7.99. The van der Waals surface area contributed by atoms with Gasteiger partial charge in [0.2, 0.25) is 0 Å². The minimum Gasteiger partial charge on any atom is -0.392 e. The summed E-state index contributed by atoms with van der Waals surface area (Å²) >= 11 is 1.98. The fourth-order valence-corrected chi connectivity index (χ4v) is 4.43. The Hall–Kier alpha value is -0.540. The van der Waals surface area contributed by atoms with Crippen LogP contribution in [0.25, 0.3) is 0 Å². The lowest BCUT2D eigenvalue weighted by Gasteiger charge is -2.31. The first kappa shape index (κ1) is 11.5. The molecule has 2 heterocycles. The summed E-state index contributed by atoms with van der Waals surface area (Å²) in [5, 5.41) is 10.6. The maximum absolute atomic E-state index is 10.6. The Labute approximate surface area is 107 Å². The number of hydrogen-bond donors (Lipinski definition) is 1. The summed E-state index contributed by atoms with van der Waals surface area (Å²) in [5.74, 6) is 3.10. The molecule has 3 heteroatoms. The molecule has 1 N–H and O–H groups in total. The molecule has 0 spiro atoms. The van der Waals surface area contributed by atoms with Gasteiger partial charge in [0.15, 0.2) is 0 Å². The summed E-state index contributed by atoms with van der Waals surface area (Å²) in [5.41, 5.74) is 2.52. The van der Waals surface area contributed by atoms with Crippen molar-refractivity contribution < 1.29 is 5.11 Å². The number of rotatable bonds is 2. The van der Waals surface area contributed by atoms with E-state index in [1.54, 1.807) is 0 Å². The molecule has 0 saturated carbocycles. The van der Waals surface area contributed by atoms with E-state index in [2.05, 4.69) is 11.1 Å². The van der Waals surface area contributed by atoms with Crippen molar-refractivity contribution in [2.24, 2.45) is 5.92 Å². The summed E-state index contributed by atoms with van der Waals surface area (Å²) in [6.07, 6.45) is 6.29. The van der Waals surface area contributed by atoms with E-state index in [0.717, 1.165) is 18.6 Å². The molecule has 2 nitrogen and oxygen atoms in total. The Kier molecular flexibility index (Phi) is 3.39. The van der Waals surface area contributed by atoms with Crippen molar-refractivity contribution in [3.05, 3.63) is 29.6 Å². The molecule has 0 bridgehead atoms. The van der Waals surface area contributed by atoms with Crippen molar-refractivity contribution >= 4 is 11.8 Å². The van der Waals surface area contributed by atoms with E-state index in [9.17, 15) is 5.11 Å². The second kappa shape index (κ2) is 4.99. The van der Waals surface area contributed by atoms with Crippen LogP contribution in [0.5, 0.6) is 0 Å². The minimum atomic E-state index is -0.182.